The molecular weight excluding hydrogens is 385 g/mol. The van der Waals surface area contributed by atoms with Crippen molar-refractivity contribution in [3.8, 4) is 11.1 Å². The molecule has 0 aliphatic rings. The first-order valence-electron chi connectivity index (χ1n) is 8.50. The summed E-state index contributed by atoms with van der Waals surface area (Å²) in [5, 5.41) is 9.59. The summed E-state index contributed by atoms with van der Waals surface area (Å²) in [6, 6.07) is 14.0. The number of anilines is 1. The molecule has 150 valence electrons. The van der Waals surface area contributed by atoms with Crippen molar-refractivity contribution < 1.29 is 22.8 Å². The Morgan fingerprint density at radius 3 is 2.55 bits per heavy atom. The lowest BCUT2D eigenvalue weighted by atomic mass is 10.0. The van der Waals surface area contributed by atoms with Gasteiger partial charge in [0, 0.05) is 18.3 Å². The van der Waals surface area contributed by atoms with Crippen LogP contribution >= 0.6 is 0 Å². The average molecular weight is 402 g/mol. The van der Waals surface area contributed by atoms with Gasteiger partial charge in [-0.25, -0.2) is 13.5 Å². The Kier molecular flexibility index (Phi) is 5.96. The molecule has 0 bridgehead atoms. The monoisotopic (exact) mass is 402 g/mol. The molecule has 0 atom stereocenters. The van der Waals surface area contributed by atoms with Crippen molar-refractivity contribution in [3.63, 3.8) is 0 Å². The van der Waals surface area contributed by atoms with Crippen LogP contribution in [-0.4, -0.2) is 29.0 Å². The van der Waals surface area contributed by atoms with Crippen LogP contribution in [0.4, 0.5) is 18.9 Å². The SMILES string of the molecule is CO/N=C/c1ccc(-c2ccccc2NC(=O)c2c(C(F)F)nn(C)c2F)cc1. The standard InChI is InChI=1S/C20H17F3N4O2/c1-27-19(23)16(17(26-27)18(21)22)20(28)25-15-6-4-3-5-14(15)13-9-7-12(8-10-13)11-24-29-2/h3-11,18H,1-2H3,(H,25,28)/b24-11+. The smallest absolute Gasteiger partial charge is 0.283 e. The molecule has 0 spiro atoms. The summed E-state index contributed by atoms with van der Waals surface area (Å²) in [6.45, 7) is 0. The molecule has 0 radical (unpaired) electrons. The van der Waals surface area contributed by atoms with Crippen molar-refractivity contribution in [1.29, 1.82) is 0 Å². The molecule has 0 fully saturated rings. The highest BCUT2D eigenvalue weighted by molar-refractivity contribution is 6.07. The number of hydrogen-bond acceptors (Lipinski definition) is 4. The highest BCUT2D eigenvalue weighted by Crippen LogP contribution is 2.30. The third kappa shape index (κ3) is 4.29. The maximum atomic E-state index is 14.2. The first-order chi connectivity index (χ1) is 13.9. The van der Waals surface area contributed by atoms with Crippen molar-refractivity contribution in [2.45, 2.75) is 6.43 Å². The number of aryl methyl sites for hydroxylation is 1. The Balaban J connectivity index is 1.92. The molecule has 1 N–H and O–H groups in total. The fourth-order valence-corrected chi connectivity index (χ4v) is 2.78. The molecule has 1 aromatic heterocycles. The topological polar surface area (TPSA) is 68.5 Å². The molecular formula is C20H17F3N4O2. The second-order valence-corrected chi connectivity index (χ2v) is 6.01. The van der Waals surface area contributed by atoms with Crippen LogP contribution in [0.2, 0.25) is 0 Å². The molecule has 1 heterocycles. The molecule has 0 unspecified atom stereocenters. The third-order valence-electron chi connectivity index (χ3n) is 4.14. The summed E-state index contributed by atoms with van der Waals surface area (Å²) >= 11 is 0. The number of carbonyl (C=O) groups excluding carboxylic acids is 1. The molecule has 29 heavy (non-hydrogen) atoms. The third-order valence-corrected chi connectivity index (χ3v) is 4.14. The highest BCUT2D eigenvalue weighted by atomic mass is 19.3. The summed E-state index contributed by atoms with van der Waals surface area (Å²) < 4.78 is 41.1. The number of carbonyl (C=O) groups is 1. The van der Waals surface area contributed by atoms with Gasteiger partial charge >= 0.3 is 0 Å². The number of halogens is 3. The van der Waals surface area contributed by atoms with E-state index in [-0.39, 0.29) is 0 Å². The lowest BCUT2D eigenvalue weighted by molar-refractivity contribution is 0.100. The Morgan fingerprint density at radius 1 is 1.21 bits per heavy atom. The van der Waals surface area contributed by atoms with Gasteiger partial charge < -0.3 is 10.2 Å². The summed E-state index contributed by atoms with van der Waals surface area (Å²) in [6.07, 6.45) is -1.54. The Bertz CT molecular complexity index is 1050. The van der Waals surface area contributed by atoms with Crippen LogP contribution in [0, 0.1) is 5.95 Å². The number of oxime groups is 1. The van der Waals surface area contributed by atoms with Crippen molar-refractivity contribution in [2.75, 3.05) is 12.4 Å². The number of alkyl halides is 2. The summed E-state index contributed by atoms with van der Waals surface area (Å²) in [5.74, 6) is -2.13. The van der Waals surface area contributed by atoms with Crippen LogP contribution in [0.25, 0.3) is 11.1 Å². The average Bonchev–Trinajstić information content (AvgIpc) is 3.02. The van der Waals surface area contributed by atoms with Gasteiger partial charge in [0.05, 0.1) is 6.21 Å². The maximum absolute atomic E-state index is 14.2. The second-order valence-electron chi connectivity index (χ2n) is 6.01. The van der Waals surface area contributed by atoms with Gasteiger partial charge in [-0.3, -0.25) is 4.79 Å². The molecule has 9 heteroatoms. The first kappa shape index (κ1) is 20.1. The number of nitrogens with one attached hydrogen (secondary N) is 1. The normalized spacial score (nSPS) is 11.2. The van der Waals surface area contributed by atoms with Gasteiger partial charge in [-0.15, -0.1) is 0 Å². The summed E-state index contributed by atoms with van der Waals surface area (Å²) in [4.78, 5) is 17.2. The van der Waals surface area contributed by atoms with Crippen molar-refractivity contribution >= 4 is 17.8 Å². The van der Waals surface area contributed by atoms with Gasteiger partial charge in [0.1, 0.15) is 18.4 Å². The van der Waals surface area contributed by atoms with E-state index in [2.05, 4.69) is 20.4 Å². The van der Waals surface area contributed by atoms with Crippen LogP contribution < -0.4 is 5.32 Å². The van der Waals surface area contributed by atoms with Crippen molar-refractivity contribution in [2.24, 2.45) is 12.2 Å². The maximum Gasteiger partial charge on any atom is 0.283 e. The van der Waals surface area contributed by atoms with E-state index >= 15 is 0 Å². The van der Waals surface area contributed by atoms with E-state index in [1.165, 1.54) is 13.3 Å². The first-order valence-corrected chi connectivity index (χ1v) is 8.50. The molecule has 3 aromatic rings. The van der Waals surface area contributed by atoms with E-state index < -0.39 is 29.5 Å². The molecule has 2 aromatic carbocycles. The van der Waals surface area contributed by atoms with Crippen LogP contribution in [0.15, 0.2) is 53.7 Å². The largest absolute Gasteiger partial charge is 0.399 e. The van der Waals surface area contributed by atoms with Gasteiger partial charge in [-0.1, -0.05) is 47.6 Å². The number of aromatic nitrogens is 2. The fraction of sp³-hybridized carbons (Fsp3) is 0.150. The predicted octanol–water partition coefficient (Wildman–Crippen LogP) is 4.40. The number of benzene rings is 2. The zero-order chi connectivity index (χ0) is 21.0. The van der Waals surface area contributed by atoms with Crippen LogP contribution in [0.1, 0.15) is 28.0 Å². The molecule has 6 nitrogen and oxygen atoms in total. The van der Waals surface area contributed by atoms with Crippen LogP contribution in [0.3, 0.4) is 0 Å². The zero-order valence-corrected chi connectivity index (χ0v) is 15.6. The van der Waals surface area contributed by atoms with Crippen molar-refractivity contribution in [3.05, 3.63) is 71.3 Å². The van der Waals surface area contributed by atoms with E-state index in [9.17, 15) is 18.0 Å². The summed E-state index contributed by atoms with van der Waals surface area (Å²) in [5.41, 5.74) is 0.871. The number of hydrogen-bond donors (Lipinski definition) is 1. The van der Waals surface area contributed by atoms with E-state index in [1.54, 1.807) is 48.5 Å². The van der Waals surface area contributed by atoms with Gasteiger partial charge in [0.2, 0.25) is 5.95 Å². The van der Waals surface area contributed by atoms with E-state index in [0.717, 1.165) is 18.2 Å². The van der Waals surface area contributed by atoms with Gasteiger partial charge in [-0.2, -0.15) is 9.49 Å². The number of amides is 1. The van der Waals surface area contributed by atoms with Gasteiger partial charge in [0.15, 0.2) is 0 Å². The number of para-hydroxylation sites is 1. The lowest BCUT2D eigenvalue weighted by Crippen LogP contribution is -2.16. The Hall–Kier alpha value is -3.62. The van der Waals surface area contributed by atoms with Crippen LogP contribution in [0.5, 0.6) is 0 Å². The molecule has 0 saturated heterocycles. The van der Waals surface area contributed by atoms with Gasteiger partial charge in [0.25, 0.3) is 12.3 Å². The van der Waals surface area contributed by atoms with E-state index in [4.69, 9.17) is 0 Å². The van der Waals surface area contributed by atoms with Gasteiger partial charge in [-0.05, 0) is 17.2 Å². The molecule has 0 aliphatic heterocycles. The van der Waals surface area contributed by atoms with E-state index in [1.807, 2.05) is 0 Å². The Morgan fingerprint density at radius 2 is 1.90 bits per heavy atom. The molecule has 0 aliphatic carbocycles. The molecule has 0 saturated carbocycles. The second kappa shape index (κ2) is 8.59. The number of nitrogens with zero attached hydrogens (tertiary/aromatic N) is 3. The van der Waals surface area contributed by atoms with Crippen LogP contribution in [-0.2, 0) is 11.9 Å². The number of rotatable bonds is 6. The highest BCUT2D eigenvalue weighted by Gasteiger charge is 2.28. The summed E-state index contributed by atoms with van der Waals surface area (Å²) in [7, 11) is 2.59. The van der Waals surface area contributed by atoms with E-state index in [0.29, 0.717) is 15.9 Å². The minimum atomic E-state index is -3.08. The molecule has 1 amide bonds. The minimum Gasteiger partial charge on any atom is -0.399 e. The lowest BCUT2D eigenvalue weighted by Gasteiger charge is -2.11. The predicted molar refractivity (Wildman–Crippen MR) is 103 cm³/mol. The minimum absolute atomic E-state index is 0.347. The van der Waals surface area contributed by atoms with Crippen molar-refractivity contribution in [1.82, 2.24) is 9.78 Å². The molecule has 3 rings (SSSR count). The fourth-order valence-electron chi connectivity index (χ4n) is 2.78. The quantitative estimate of drug-likeness (QED) is 0.491. The zero-order valence-electron chi connectivity index (χ0n) is 15.6. The Labute approximate surface area is 164 Å².